The fourth-order valence-electron chi connectivity index (χ4n) is 2.16. The second-order valence-electron chi connectivity index (χ2n) is 5.41. The van der Waals surface area contributed by atoms with Crippen molar-refractivity contribution in [2.75, 3.05) is 20.8 Å². The van der Waals surface area contributed by atoms with E-state index in [9.17, 15) is 14.4 Å². The molecule has 0 radical (unpaired) electrons. The molecule has 0 bridgehead atoms. The van der Waals surface area contributed by atoms with Crippen LogP contribution in [0, 0.1) is 0 Å². The quantitative estimate of drug-likeness (QED) is 0.566. The van der Waals surface area contributed by atoms with Gasteiger partial charge in [-0.1, -0.05) is 0 Å². The van der Waals surface area contributed by atoms with Crippen LogP contribution in [0.15, 0.2) is 23.1 Å². The minimum absolute atomic E-state index is 0.203. The summed E-state index contributed by atoms with van der Waals surface area (Å²) in [7, 11) is 3.03. The van der Waals surface area contributed by atoms with Gasteiger partial charge in [-0.15, -0.1) is 0 Å². The molecule has 1 fully saturated rings. The number of hydrogen-bond acceptors (Lipinski definition) is 7. The highest BCUT2D eigenvalue weighted by atomic mass is 32.2. The van der Waals surface area contributed by atoms with Crippen LogP contribution in [0.3, 0.4) is 0 Å². The molecule has 25 heavy (non-hydrogen) atoms. The van der Waals surface area contributed by atoms with Crippen molar-refractivity contribution in [2.24, 2.45) is 0 Å². The van der Waals surface area contributed by atoms with E-state index in [0.717, 1.165) is 16.7 Å². The van der Waals surface area contributed by atoms with Gasteiger partial charge in [0.15, 0.2) is 0 Å². The highest BCUT2D eigenvalue weighted by Crippen LogP contribution is 2.35. The zero-order valence-electron chi connectivity index (χ0n) is 14.4. The first-order valence-corrected chi connectivity index (χ1v) is 8.34. The molecule has 0 aromatic heterocycles. The normalized spacial score (nSPS) is 15.9. The van der Waals surface area contributed by atoms with Crippen molar-refractivity contribution in [3.63, 3.8) is 0 Å². The van der Waals surface area contributed by atoms with Gasteiger partial charge in [0.2, 0.25) is 0 Å². The highest BCUT2D eigenvalue weighted by Gasteiger charge is 2.37. The topological polar surface area (TPSA) is 82.1 Å². The summed E-state index contributed by atoms with van der Waals surface area (Å²) in [6.07, 6.45) is 1.23. The number of benzene rings is 1. The first-order valence-electron chi connectivity index (χ1n) is 7.52. The molecule has 2 rings (SSSR count). The van der Waals surface area contributed by atoms with Crippen molar-refractivity contribution >= 4 is 35.0 Å². The Labute approximate surface area is 149 Å². The fraction of sp³-hybridized carbons (Fsp3) is 0.353. The molecule has 7 nitrogen and oxygen atoms in total. The first kappa shape index (κ1) is 18.9. The van der Waals surface area contributed by atoms with Crippen LogP contribution in [0.5, 0.6) is 11.5 Å². The van der Waals surface area contributed by atoms with Gasteiger partial charge in [-0.3, -0.25) is 19.3 Å². The van der Waals surface area contributed by atoms with Crippen LogP contribution < -0.4 is 9.47 Å². The Kier molecular flexibility index (Phi) is 6.08. The third-order valence-corrected chi connectivity index (χ3v) is 4.16. The molecule has 0 N–H and O–H groups in total. The molecule has 1 aliphatic heterocycles. The van der Waals surface area contributed by atoms with E-state index in [1.54, 1.807) is 38.1 Å². The van der Waals surface area contributed by atoms with Gasteiger partial charge in [0.05, 0.1) is 25.2 Å². The molecule has 1 aromatic carbocycles. The van der Waals surface area contributed by atoms with E-state index in [2.05, 4.69) is 0 Å². The molecular weight excluding hydrogens is 346 g/mol. The van der Waals surface area contributed by atoms with Gasteiger partial charge >= 0.3 is 5.97 Å². The van der Waals surface area contributed by atoms with Crippen LogP contribution >= 0.6 is 11.8 Å². The molecule has 1 saturated heterocycles. The molecule has 0 spiro atoms. The van der Waals surface area contributed by atoms with Gasteiger partial charge < -0.3 is 14.2 Å². The van der Waals surface area contributed by atoms with Gasteiger partial charge in [-0.2, -0.15) is 0 Å². The van der Waals surface area contributed by atoms with Crippen molar-refractivity contribution in [1.82, 2.24) is 4.90 Å². The molecule has 0 unspecified atom stereocenters. The van der Waals surface area contributed by atoms with Crippen molar-refractivity contribution in [2.45, 2.75) is 20.0 Å². The number of esters is 1. The van der Waals surface area contributed by atoms with E-state index in [-0.39, 0.29) is 11.0 Å². The Balaban J connectivity index is 2.24. The Morgan fingerprint density at radius 1 is 1.24 bits per heavy atom. The van der Waals surface area contributed by atoms with Crippen molar-refractivity contribution in [3.8, 4) is 11.5 Å². The van der Waals surface area contributed by atoms with E-state index in [4.69, 9.17) is 14.2 Å². The SMILES string of the molecule is COc1ccc(OC)c(/C=C2/SC(=O)N(CC(=O)OC(C)C)C2=O)c1. The Morgan fingerprint density at radius 3 is 2.56 bits per heavy atom. The van der Waals surface area contributed by atoms with Crippen molar-refractivity contribution in [1.29, 1.82) is 0 Å². The van der Waals surface area contributed by atoms with Crippen LogP contribution in [-0.2, 0) is 14.3 Å². The second-order valence-corrected chi connectivity index (χ2v) is 6.41. The molecular formula is C17H19NO6S. The largest absolute Gasteiger partial charge is 0.497 e. The molecule has 8 heteroatoms. The summed E-state index contributed by atoms with van der Waals surface area (Å²) in [5.41, 5.74) is 0.595. The summed E-state index contributed by atoms with van der Waals surface area (Å²) in [6, 6.07) is 5.12. The van der Waals surface area contributed by atoms with E-state index >= 15 is 0 Å². The average molecular weight is 365 g/mol. The van der Waals surface area contributed by atoms with Crippen LogP contribution in [0.4, 0.5) is 4.79 Å². The monoisotopic (exact) mass is 365 g/mol. The molecule has 0 saturated carbocycles. The van der Waals surface area contributed by atoms with E-state index in [0.29, 0.717) is 17.1 Å². The van der Waals surface area contributed by atoms with Crippen molar-refractivity contribution < 1.29 is 28.6 Å². The van der Waals surface area contributed by atoms with Gasteiger partial charge in [-0.05, 0) is 49.9 Å². The Bertz CT molecular complexity index is 728. The predicted molar refractivity (Wildman–Crippen MR) is 93.5 cm³/mol. The van der Waals surface area contributed by atoms with Crippen molar-refractivity contribution in [3.05, 3.63) is 28.7 Å². The summed E-state index contributed by atoms with van der Waals surface area (Å²) in [6.45, 7) is 2.98. The number of carbonyl (C=O) groups is 3. The lowest BCUT2D eigenvalue weighted by Gasteiger charge is -2.13. The first-order chi connectivity index (χ1) is 11.8. The van der Waals surface area contributed by atoms with E-state index in [1.165, 1.54) is 14.2 Å². The Hall–Kier alpha value is -2.48. The lowest BCUT2D eigenvalue weighted by Crippen LogP contribution is -2.35. The lowest BCUT2D eigenvalue weighted by atomic mass is 10.1. The molecule has 0 aliphatic carbocycles. The summed E-state index contributed by atoms with van der Waals surface area (Å²) in [4.78, 5) is 37.3. The number of imide groups is 1. The zero-order chi connectivity index (χ0) is 18.6. The number of rotatable bonds is 6. The fourth-order valence-corrected chi connectivity index (χ4v) is 2.99. The molecule has 134 valence electrons. The number of methoxy groups -OCH3 is 2. The van der Waals surface area contributed by atoms with E-state index in [1.807, 2.05) is 0 Å². The zero-order valence-corrected chi connectivity index (χ0v) is 15.2. The molecule has 0 atom stereocenters. The maximum Gasteiger partial charge on any atom is 0.326 e. The van der Waals surface area contributed by atoms with Crippen LogP contribution in [0.1, 0.15) is 19.4 Å². The third-order valence-electron chi connectivity index (χ3n) is 3.25. The van der Waals surface area contributed by atoms with Gasteiger partial charge in [0, 0.05) is 5.56 Å². The van der Waals surface area contributed by atoms with Crippen LogP contribution in [0.2, 0.25) is 0 Å². The van der Waals surface area contributed by atoms with Crippen LogP contribution in [-0.4, -0.2) is 48.9 Å². The maximum absolute atomic E-state index is 12.4. The van der Waals surface area contributed by atoms with Gasteiger partial charge in [0.25, 0.3) is 11.1 Å². The number of hydrogen-bond donors (Lipinski definition) is 0. The lowest BCUT2D eigenvalue weighted by molar-refractivity contribution is -0.149. The number of ether oxygens (including phenoxy) is 3. The summed E-state index contributed by atoms with van der Waals surface area (Å²) < 4.78 is 15.4. The minimum Gasteiger partial charge on any atom is -0.497 e. The standard InChI is InChI=1S/C17H19NO6S/c1-10(2)24-15(19)9-18-16(20)14(25-17(18)21)8-11-7-12(22-3)5-6-13(11)23-4/h5-8,10H,9H2,1-4H3/b14-8+. The summed E-state index contributed by atoms with van der Waals surface area (Å²) in [5, 5.41) is -0.515. The average Bonchev–Trinajstić information content (AvgIpc) is 2.81. The predicted octanol–water partition coefficient (Wildman–Crippen LogP) is 2.69. The second kappa shape index (κ2) is 8.06. The number of amides is 2. The van der Waals surface area contributed by atoms with E-state index < -0.39 is 23.7 Å². The van der Waals surface area contributed by atoms with Gasteiger partial charge in [-0.25, -0.2) is 0 Å². The van der Waals surface area contributed by atoms with Gasteiger partial charge in [0.1, 0.15) is 18.0 Å². The third kappa shape index (κ3) is 4.54. The maximum atomic E-state index is 12.4. The summed E-state index contributed by atoms with van der Waals surface area (Å²) >= 11 is 0.765. The molecule has 1 aromatic rings. The number of carbonyl (C=O) groups excluding carboxylic acids is 3. The number of nitrogens with zero attached hydrogens (tertiary/aromatic N) is 1. The highest BCUT2D eigenvalue weighted by molar-refractivity contribution is 8.18. The Morgan fingerprint density at radius 2 is 1.96 bits per heavy atom. The summed E-state index contributed by atoms with van der Waals surface area (Å²) in [5.74, 6) is -0.0447. The number of thioether (sulfide) groups is 1. The smallest absolute Gasteiger partial charge is 0.326 e. The minimum atomic E-state index is -0.627. The molecule has 1 heterocycles. The molecule has 2 amide bonds. The van der Waals surface area contributed by atoms with Crippen LogP contribution in [0.25, 0.3) is 6.08 Å². The molecule has 1 aliphatic rings.